The Labute approximate surface area is 186 Å². The third-order valence-corrected chi connectivity index (χ3v) is 5.95. The molecular weight excluding hydrogens is 414 g/mol. The van der Waals surface area contributed by atoms with Crippen molar-refractivity contribution < 1.29 is 9.47 Å². The number of fused-ring (bicyclic) bond motifs is 2. The highest BCUT2D eigenvalue weighted by Gasteiger charge is 2.23. The van der Waals surface area contributed by atoms with Crippen molar-refractivity contribution in [2.24, 2.45) is 0 Å². The maximum atomic E-state index is 6.50. The van der Waals surface area contributed by atoms with Crippen molar-refractivity contribution in [3.8, 4) is 11.5 Å². The number of halogens is 1. The van der Waals surface area contributed by atoms with Crippen LogP contribution in [-0.2, 0) is 13.0 Å². The Morgan fingerprint density at radius 2 is 2.03 bits per heavy atom. The highest BCUT2D eigenvalue weighted by molar-refractivity contribution is 6.33. The molecule has 2 aliphatic rings. The average molecular weight is 438 g/mol. The molecule has 1 aromatic heterocycles. The Hall–Kier alpha value is -3.03. The summed E-state index contributed by atoms with van der Waals surface area (Å²) in [7, 11) is 3.82. The highest BCUT2D eigenvalue weighted by Crippen LogP contribution is 2.39. The van der Waals surface area contributed by atoms with E-state index in [9.17, 15) is 0 Å². The molecule has 0 saturated heterocycles. The smallest absolute Gasteiger partial charge is 0.229 e. The third-order valence-electron chi connectivity index (χ3n) is 5.68. The molecule has 2 aliphatic heterocycles. The largest absolute Gasteiger partial charge is 0.495 e. The zero-order chi connectivity index (χ0) is 21.4. The van der Waals surface area contributed by atoms with Gasteiger partial charge in [-0.25, -0.2) is 4.98 Å². The van der Waals surface area contributed by atoms with Crippen LogP contribution in [-0.4, -0.2) is 48.7 Å². The number of likely N-dealkylation sites (N-methyl/N-ethyl adjacent to an activating group) is 1. The fourth-order valence-electron chi connectivity index (χ4n) is 4.11. The van der Waals surface area contributed by atoms with Gasteiger partial charge in [-0.05, 0) is 48.9 Å². The van der Waals surface area contributed by atoms with Gasteiger partial charge in [-0.15, -0.1) is 0 Å². The van der Waals surface area contributed by atoms with Crippen LogP contribution < -0.4 is 19.7 Å². The maximum absolute atomic E-state index is 6.50. The molecule has 5 rings (SSSR count). The van der Waals surface area contributed by atoms with Crippen LogP contribution in [0.4, 0.5) is 23.1 Å². The zero-order valence-electron chi connectivity index (χ0n) is 17.6. The van der Waals surface area contributed by atoms with Gasteiger partial charge in [-0.3, -0.25) is 0 Å². The first-order chi connectivity index (χ1) is 15.1. The van der Waals surface area contributed by atoms with E-state index in [-0.39, 0.29) is 0 Å². The summed E-state index contributed by atoms with van der Waals surface area (Å²) >= 11 is 6.50. The minimum absolute atomic E-state index is 0.464. The molecule has 3 heterocycles. The lowest BCUT2D eigenvalue weighted by molar-refractivity contribution is 0.312. The molecule has 0 saturated carbocycles. The molecule has 160 valence electrons. The number of methoxy groups -OCH3 is 1. The summed E-state index contributed by atoms with van der Waals surface area (Å²) in [6.45, 7) is 3.17. The van der Waals surface area contributed by atoms with Gasteiger partial charge in [0.25, 0.3) is 0 Å². The predicted octanol–water partition coefficient (Wildman–Crippen LogP) is 4.40. The fraction of sp³-hybridized carbons (Fsp3) is 0.304. The normalized spacial score (nSPS) is 15.6. The SMILES string of the molecule is COc1cc2c(cc1Nc1ncc(Cl)c(N3CCOc4ccccc43)n1)CN(C)CC2. The summed E-state index contributed by atoms with van der Waals surface area (Å²) in [5, 5.41) is 3.82. The van der Waals surface area contributed by atoms with E-state index in [0.29, 0.717) is 29.9 Å². The number of rotatable bonds is 4. The monoisotopic (exact) mass is 437 g/mol. The van der Waals surface area contributed by atoms with E-state index >= 15 is 0 Å². The zero-order valence-corrected chi connectivity index (χ0v) is 18.3. The van der Waals surface area contributed by atoms with Crippen molar-refractivity contribution in [2.75, 3.05) is 44.1 Å². The van der Waals surface area contributed by atoms with Crippen LogP contribution in [0, 0.1) is 0 Å². The Morgan fingerprint density at radius 3 is 2.90 bits per heavy atom. The molecule has 0 radical (unpaired) electrons. The molecule has 7 nitrogen and oxygen atoms in total. The van der Waals surface area contributed by atoms with Crippen molar-refractivity contribution in [1.29, 1.82) is 0 Å². The maximum Gasteiger partial charge on any atom is 0.229 e. The Morgan fingerprint density at radius 1 is 1.16 bits per heavy atom. The molecule has 3 aromatic rings. The predicted molar refractivity (Wildman–Crippen MR) is 122 cm³/mol. The number of nitrogens with one attached hydrogen (secondary N) is 1. The summed E-state index contributed by atoms with van der Waals surface area (Å²) in [4.78, 5) is 13.5. The van der Waals surface area contributed by atoms with Crippen LogP contribution in [0.15, 0.2) is 42.6 Å². The average Bonchev–Trinajstić information content (AvgIpc) is 2.79. The first-order valence-electron chi connectivity index (χ1n) is 10.3. The lowest BCUT2D eigenvalue weighted by atomic mass is 9.99. The minimum Gasteiger partial charge on any atom is -0.495 e. The van der Waals surface area contributed by atoms with Crippen molar-refractivity contribution in [3.05, 3.63) is 58.7 Å². The molecular formula is C23H24ClN5O2. The molecule has 0 aliphatic carbocycles. The molecule has 8 heteroatoms. The van der Waals surface area contributed by atoms with Crippen LogP contribution >= 0.6 is 11.6 Å². The van der Waals surface area contributed by atoms with Gasteiger partial charge in [-0.2, -0.15) is 4.98 Å². The van der Waals surface area contributed by atoms with E-state index in [2.05, 4.69) is 39.3 Å². The quantitative estimate of drug-likeness (QED) is 0.649. The molecule has 0 bridgehead atoms. The number of hydrogen-bond acceptors (Lipinski definition) is 7. The highest BCUT2D eigenvalue weighted by atomic mass is 35.5. The number of anilines is 4. The summed E-state index contributed by atoms with van der Waals surface area (Å²) in [6.07, 6.45) is 2.64. The number of para-hydroxylation sites is 2. The molecule has 2 aromatic carbocycles. The number of hydrogen-bond donors (Lipinski definition) is 1. The van der Waals surface area contributed by atoms with E-state index in [4.69, 9.17) is 26.1 Å². The summed E-state index contributed by atoms with van der Waals surface area (Å²) in [6, 6.07) is 12.1. The molecule has 0 unspecified atom stereocenters. The number of nitrogens with zero attached hydrogens (tertiary/aromatic N) is 4. The van der Waals surface area contributed by atoms with E-state index in [1.54, 1.807) is 13.3 Å². The number of ether oxygens (including phenoxy) is 2. The van der Waals surface area contributed by atoms with Crippen molar-refractivity contribution in [2.45, 2.75) is 13.0 Å². The third kappa shape index (κ3) is 3.86. The van der Waals surface area contributed by atoms with Gasteiger partial charge < -0.3 is 24.6 Å². The Bertz CT molecular complexity index is 1120. The van der Waals surface area contributed by atoms with Gasteiger partial charge in [0.05, 0.1) is 31.2 Å². The Balaban J connectivity index is 1.49. The van der Waals surface area contributed by atoms with E-state index in [1.807, 2.05) is 24.3 Å². The van der Waals surface area contributed by atoms with Crippen LogP contribution in [0.2, 0.25) is 5.02 Å². The van der Waals surface area contributed by atoms with Gasteiger partial charge in [0, 0.05) is 13.1 Å². The number of benzene rings is 2. The lowest BCUT2D eigenvalue weighted by Gasteiger charge is -2.31. The molecule has 0 spiro atoms. The van der Waals surface area contributed by atoms with Crippen LogP contribution in [0.25, 0.3) is 0 Å². The molecule has 0 atom stereocenters. The van der Waals surface area contributed by atoms with Crippen LogP contribution in [0.1, 0.15) is 11.1 Å². The molecule has 1 N–H and O–H groups in total. The first kappa shape index (κ1) is 19.9. The second-order valence-electron chi connectivity index (χ2n) is 7.77. The van der Waals surface area contributed by atoms with E-state index < -0.39 is 0 Å². The van der Waals surface area contributed by atoms with Crippen LogP contribution in [0.5, 0.6) is 11.5 Å². The van der Waals surface area contributed by atoms with Crippen molar-refractivity contribution in [1.82, 2.24) is 14.9 Å². The van der Waals surface area contributed by atoms with Gasteiger partial charge in [0.15, 0.2) is 5.82 Å². The summed E-state index contributed by atoms with van der Waals surface area (Å²) < 4.78 is 11.4. The topological polar surface area (TPSA) is 62.8 Å². The van der Waals surface area contributed by atoms with E-state index in [1.165, 1.54) is 11.1 Å². The van der Waals surface area contributed by atoms with Crippen LogP contribution in [0.3, 0.4) is 0 Å². The van der Waals surface area contributed by atoms with Crippen molar-refractivity contribution in [3.63, 3.8) is 0 Å². The van der Waals surface area contributed by atoms with Gasteiger partial charge in [0.2, 0.25) is 5.95 Å². The van der Waals surface area contributed by atoms with E-state index in [0.717, 1.165) is 42.4 Å². The Kier molecular flexibility index (Phi) is 5.29. The molecule has 0 amide bonds. The second kappa shape index (κ2) is 8.24. The van der Waals surface area contributed by atoms with Gasteiger partial charge in [0.1, 0.15) is 23.1 Å². The standard InChI is InChI=1S/C23H24ClN5O2/c1-28-8-7-15-12-21(30-2)18(11-16(15)14-28)26-23-25-13-17(24)22(27-23)29-9-10-31-20-6-4-3-5-19(20)29/h3-6,11-13H,7-10,14H2,1-2H3,(H,25,26,27). The second-order valence-corrected chi connectivity index (χ2v) is 8.17. The molecule has 31 heavy (non-hydrogen) atoms. The summed E-state index contributed by atoms with van der Waals surface area (Å²) in [5.41, 5.74) is 4.39. The fourth-order valence-corrected chi connectivity index (χ4v) is 4.31. The minimum atomic E-state index is 0.464. The molecule has 0 fully saturated rings. The van der Waals surface area contributed by atoms with Crippen molar-refractivity contribution >= 4 is 34.7 Å². The lowest BCUT2D eigenvalue weighted by Crippen LogP contribution is -2.29. The summed E-state index contributed by atoms with van der Waals surface area (Å²) in [5.74, 6) is 2.70. The number of aromatic nitrogens is 2. The first-order valence-corrected chi connectivity index (χ1v) is 10.7. The van der Waals surface area contributed by atoms with Gasteiger partial charge >= 0.3 is 0 Å². The van der Waals surface area contributed by atoms with Gasteiger partial charge in [-0.1, -0.05) is 23.7 Å².